The molecular weight excluding hydrogens is 765 g/mol. The first-order chi connectivity index (χ1) is 29.8. The third kappa shape index (κ3) is 9.52. The molecule has 6 aromatic rings. The largest absolute Gasteiger partial charge is 0.491 e. The highest BCUT2D eigenvalue weighted by molar-refractivity contribution is 5.89. The van der Waals surface area contributed by atoms with E-state index in [2.05, 4.69) is 122 Å². The van der Waals surface area contributed by atoms with Crippen molar-refractivity contribution in [1.82, 2.24) is 0 Å². The Bertz CT molecular complexity index is 2320. The molecular formula is C53H50O8. The van der Waals surface area contributed by atoms with Crippen molar-refractivity contribution in [3.63, 3.8) is 0 Å². The van der Waals surface area contributed by atoms with Crippen LogP contribution in [0, 0.1) is 0 Å². The molecule has 61 heavy (non-hydrogen) atoms. The van der Waals surface area contributed by atoms with Crippen LogP contribution in [0.1, 0.15) is 36.1 Å². The summed E-state index contributed by atoms with van der Waals surface area (Å²) in [5.74, 6) is 0.591. The third-order valence-corrected chi connectivity index (χ3v) is 10.5. The molecule has 1 aliphatic rings. The summed E-state index contributed by atoms with van der Waals surface area (Å²) in [5, 5.41) is 0. The van der Waals surface area contributed by atoms with E-state index in [9.17, 15) is 9.59 Å². The van der Waals surface area contributed by atoms with Gasteiger partial charge in [-0.2, -0.15) is 0 Å². The van der Waals surface area contributed by atoms with Gasteiger partial charge in [0.2, 0.25) is 0 Å². The van der Waals surface area contributed by atoms with E-state index >= 15 is 0 Å². The highest BCUT2D eigenvalue weighted by Gasteiger charge is 2.46. The fourth-order valence-electron chi connectivity index (χ4n) is 7.75. The van der Waals surface area contributed by atoms with Crippen LogP contribution in [0.25, 0.3) is 33.4 Å². The molecule has 8 nitrogen and oxygen atoms in total. The summed E-state index contributed by atoms with van der Waals surface area (Å²) < 4.78 is 34.7. The van der Waals surface area contributed by atoms with Crippen LogP contribution >= 0.6 is 0 Å². The van der Waals surface area contributed by atoms with Crippen molar-refractivity contribution in [2.75, 3.05) is 52.9 Å². The Labute approximate surface area is 358 Å². The predicted molar refractivity (Wildman–Crippen MR) is 239 cm³/mol. The number of hydrogen-bond acceptors (Lipinski definition) is 8. The molecule has 0 spiro atoms. The topological polar surface area (TPSA) is 89.5 Å². The van der Waals surface area contributed by atoms with Gasteiger partial charge in [-0.05, 0) is 82.6 Å². The lowest BCUT2D eigenvalue weighted by molar-refractivity contribution is -0.141. The van der Waals surface area contributed by atoms with Crippen molar-refractivity contribution in [1.29, 1.82) is 0 Å². The quantitative estimate of drug-likeness (QED) is 0.0427. The fourth-order valence-corrected chi connectivity index (χ4v) is 7.75. The van der Waals surface area contributed by atoms with Crippen LogP contribution in [0.5, 0.6) is 11.5 Å². The maximum absolute atomic E-state index is 11.7. The van der Waals surface area contributed by atoms with Gasteiger partial charge in [0.15, 0.2) is 0 Å². The van der Waals surface area contributed by atoms with Gasteiger partial charge in [0.25, 0.3) is 0 Å². The number of carbonyl (C=O) groups is 2. The van der Waals surface area contributed by atoms with E-state index in [0.29, 0.717) is 37.6 Å². The van der Waals surface area contributed by atoms with Crippen LogP contribution in [0.4, 0.5) is 0 Å². The highest BCUT2D eigenvalue weighted by atomic mass is 16.6. The molecule has 0 heterocycles. The minimum atomic E-state index is -0.716. The molecule has 310 valence electrons. The molecule has 8 heteroatoms. The minimum absolute atomic E-state index is 0.143. The van der Waals surface area contributed by atoms with Crippen LogP contribution in [0.15, 0.2) is 170 Å². The highest BCUT2D eigenvalue weighted by Crippen LogP contribution is 2.57. The van der Waals surface area contributed by atoms with E-state index in [-0.39, 0.29) is 26.4 Å². The van der Waals surface area contributed by atoms with Crippen molar-refractivity contribution in [3.8, 4) is 44.9 Å². The van der Waals surface area contributed by atoms with Gasteiger partial charge < -0.3 is 28.4 Å². The Morgan fingerprint density at radius 2 is 0.820 bits per heavy atom. The zero-order chi connectivity index (χ0) is 42.6. The Morgan fingerprint density at radius 1 is 0.443 bits per heavy atom. The van der Waals surface area contributed by atoms with Gasteiger partial charge in [-0.25, -0.2) is 9.59 Å². The molecule has 0 aromatic heterocycles. The summed E-state index contributed by atoms with van der Waals surface area (Å²) in [4.78, 5) is 23.5. The van der Waals surface area contributed by atoms with Gasteiger partial charge in [0.05, 0.1) is 31.8 Å². The second-order valence-corrected chi connectivity index (χ2v) is 14.7. The van der Waals surface area contributed by atoms with Gasteiger partial charge in [-0.15, -0.1) is 0 Å². The average Bonchev–Trinajstić information content (AvgIpc) is 3.59. The Balaban J connectivity index is 1.26. The molecule has 6 aromatic carbocycles. The van der Waals surface area contributed by atoms with Crippen LogP contribution < -0.4 is 9.47 Å². The molecule has 1 aliphatic carbocycles. The smallest absolute Gasteiger partial charge is 0.333 e. The SMILES string of the molecule is C=C(C)C(=O)OCCOCCOc1ccc(C2(c3ccc(OCCOCCOC(=O)C(=C)C)c(-c4ccccc4)c3)c3ccccc3-c3ccccc32)cc1-c1ccccc1. The molecule has 0 fully saturated rings. The van der Waals surface area contributed by atoms with Gasteiger partial charge in [-0.1, -0.05) is 134 Å². The van der Waals surface area contributed by atoms with Crippen LogP contribution in [-0.4, -0.2) is 64.8 Å². The summed E-state index contributed by atoms with van der Waals surface area (Å²) in [7, 11) is 0. The van der Waals surface area contributed by atoms with Crippen molar-refractivity contribution < 1.29 is 38.0 Å². The number of carbonyl (C=O) groups excluding carboxylic acids is 2. The Kier molecular flexibility index (Phi) is 13.9. The lowest BCUT2D eigenvalue weighted by Gasteiger charge is -2.35. The van der Waals surface area contributed by atoms with E-state index in [0.717, 1.165) is 44.9 Å². The number of hydrogen-bond donors (Lipinski definition) is 0. The van der Waals surface area contributed by atoms with E-state index in [1.807, 2.05) is 36.4 Å². The lowest BCUT2D eigenvalue weighted by Crippen LogP contribution is -2.29. The number of esters is 2. The van der Waals surface area contributed by atoms with Crippen LogP contribution in [-0.2, 0) is 34.0 Å². The monoisotopic (exact) mass is 814 g/mol. The molecule has 0 amide bonds. The maximum Gasteiger partial charge on any atom is 0.333 e. The van der Waals surface area contributed by atoms with Crippen molar-refractivity contribution >= 4 is 11.9 Å². The molecule has 7 rings (SSSR count). The number of fused-ring (bicyclic) bond motifs is 3. The lowest BCUT2D eigenvalue weighted by atomic mass is 9.67. The molecule has 0 bridgehead atoms. The predicted octanol–water partition coefficient (Wildman–Crippen LogP) is 10.4. The van der Waals surface area contributed by atoms with Crippen LogP contribution in [0.2, 0.25) is 0 Å². The molecule has 0 radical (unpaired) electrons. The second kappa shape index (κ2) is 20.0. The average molecular weight is 815 g/mol. The summed E-state index contributed by atoms with van der Waals surface area (Å²) in [6.45, 7) is 12.5. The molecule has 0 saturated heterocycles. The summed E-state index contributed by atoms with van der Waals surface area (Å²) >= 11 is 0. The van der Waals surface area contributed by atoms with Crippen LogP contribution in [0.3, 0.4) is 0 Å². The van der Waals surface area contributed by atoms with Crippen molar-refractivity contribution in [2.24, 2.45) is 0 Å². The van der Waals surface area contributed by atoms with Gasteiger partial charge in [-0.3, -0.25) is 0 Å². The molecule has 0 saturated carbocycles. The number of ether oxygens (including phenoxy) is 6. The maximum atomic E-state index is 11.7. The number of benzene rings is 6. The second-order valence-electron chi connectivity index (χ2n) is 14.7. The van der Waals surface area contributed by atoms with E-state index in [4.69, 9.17) is 28.4 Å². The van der Waals surface area contributed by atoms with Gasteiger partial charge in [0.1, 0.15) is 37.9 Å². The van der Waals surface area contributed by atoms with Crippen molar-refractivity contribution in [2.45, 2.75) is 19.3 Å². The summed E-state index contributed by atoms with van der Waals surface area (Å²) in [6, 6.07) is 50.9. The standard InChI is InChI=1S/C53H50O8/c1-37(2)51(54)60-33-29-56-27-31-58-49-25-23-41(35-45(49)39-15-7-5-8-16-39)53(47-21-13-11-19-43(47)44-20-12-14-22-48(44)53)42-24-26-50(46(36-42)40-17-9-6-10-18-40)59-32-28-57-30-34-61-52(55)38(3)4/h5-26,35-36H,1,3,27-34H2,2,4H3. The Hall–Kier alpha value is -6.74. The van der Waals surface area contributed by atoms with Gasteiger partial charge >= 0.3 is 11.9 Å². The van der Waals surface area contributed by atoms with E-state index < -0.39 is 17.4 Å². The first kappa shape index (κ1) is 42.4. The zero-order valence-electron chi connectivity index (χ0n) is 34.7. The van der Waals surface area contributed by atoms with Crippen molar-refractivity contribution in [3.05, 3.63) is 192 Å². The minimum Gasteiger partial charge on any atom is -0.491 e. The summed E-state index contributed by atoms with van der Waals surface area (Å²) in [6.07, 6.45) is 0. The molecule has 0 unspecified atom stereocenters. The molecule has 0 atom stereocenters. The normalized spacial score (nSPS) is 12.2. The first-order valence-corrected chi connectivity index (χ1v) is 20.4. The van der Waals surface area contributed by atoms with Gasteiger partial charge in [0, 0.05) is 22.3 Å². The Morgan fingerprint density at radius 3 is 1.23 bits per heavy atom. The fraction of sp³-hybridized carbons (Fsp3) is 0.208. The molecule has 0 aliphatic heterocycles. The first-order valence-electron chi connectivity index (χ1n) is 20.4. The number of rotatable bonds is 20. The molecule has 0 N–H and O–H groups in total. The van der Waals surface area contributed by atoms with E-state index in [1.54, 1.807) is 13.8 Å². The van der Waals surface area contributed by atoms with E-state index in [1.165, 1.54) is 22.3 Å². The summed E-state index contributed by atoms with van der Waals surface area (Å²) in [5.41, 5.74) is 10.8. The third-order valence-electron chi connectivity index (χ3n) is 10.5. The zero-order valence-corrected chi connectivity index (χ0v) is 34.7.